The van der Waals surface area contributed by atoms with E-state index >= 15 is 0 Å². The highest BCUT2D eigenvalue weighted by Gasteiger charge is 2.07. The molecule has 1 amide bonds. The van der Waals surface area contributed by atoms with E-state index in [2.05, 4.69) is 30.2 Å². The number of rotatable bonds is 17. The number of carbonyl (C=O) groups excluding carboxylic acids is 1. The molecule has 0 aliphatic carbocycles. The van der Waals surface area contributed by atoms with Crippen LogP contribution >= 0.6 is 11.8 Å². The number of aryl methyl sites for hydroxylation is 1. The first-order chi connectivity index (χ1) is 21.6. The number of benzene rings is 3. The maximum atomic E-state index is 12.8. The van der Waals surface area contributed by atoms with Gasteiger partial charge < -0.3 is 19.5 Å². The molecule has 0 saturated heterocycles. The monoisotopic (exact) mass is 610 g/mol. The van der Waals surface area contributed by atoms with Gasteiger partial charge in [0.05, 0.1) is 13.7 Å². The van der Waals surface area contributed by atoms with Gasteiger partial charge in [-0.25, -0.2) is 0 Å². The molecule has 0 aliphatic rings. The Labute approximate surface area is 265 Å². The lowest BCUT2D eigenvalue weighted by atomic mass is 10.0. The van der Waals surface area contributed by atoms with Crippen LogP contribution in [0.2, 0.25) is 0 Å². The maximum Gasteiger partial charge on any atom is 0.248 e. The Morgan fingerprint density at radius 3 is 2.43 bits per heavy atom. The van der Waals surface area contributed by atoms with Crippen LogP contribution in [-0.2, 0) is 21.7 Å². The van der Waals surface area contributed by atoms with Crippen molar-refractivity contribution in [1.29, 1.82) is 0 Å². The summed E-state index contributed by atoms with van der Waals surface area (Å²) in [5.74, 6) is 2.15. The van der Waals surface area contributed by atoms with Gasteiger partial charge in [0, 0.05) is 47.0 Å². The van der Waals surface area contributed by atoms with E-state index in [-0.39, 0.29) is 5.91 Å². The first-order valence-electron chi connectivity index (χ1n) is 15.2. The molecular formula is C37H42N2O4S. The summed E-state index contributed by atoms with van der Waals surface area (Å²) in [4.78, 5) is 18.2. The molecule has 44 heavy (non-hydrogen) atoms. The third-order valence-electron chi connectivity index (χ3n) is 7.01. The first kappa shape index (κ1) is 32.8. The molecule has 6 nitrogen and oxygen atoms in total. The summed E-state index contributed by atoms with van der Waals surface area (Å²) in [7, 11) is 1.63. The molecule has 0 radical (unpaired) electrons. The van der Waals surface area contributed by atoms with E-state index in [4.69, 9.17) is 14.2 Å². The van der Waals surface area contributed by atoms with Crippen LogP contribution in [0.1, 0.15) is 49.8 Å². The van der Waals surface area contributed by atoms with E-state index in [0.29, 0.717) is 19.0 Å². The van der Waals surface area contributed by atoms with Crippen molar-refractivity contribution in [2.75, 3.05) is 32.2 Å². The van der Waals surface area contributed by atoms with Crippen molar-refractivity contribution in [2.24, 2.45) is 0 Å². The Kier molecular flexibility index (Phi) is 13.4. The number of hydrogen-bond acceptors (Lipinski definition) is 6. The Hall–Kier alpha value is -4.07. The smallest absolute Gasteiger partial charge is 0.248 e. The number of methoxy groups -OCH3 is 1. The zero-order valence-electron chi connectivity index (χ0n) is 25.9. The third-order valence-corrected chi connectivity index (χ3v) is 8.07. The Balaban J connectivity index is 1.32. The quantitative estimate of drug-likeness (QED) is 0.0732. The van der Waals surface area contributed by atoms with E-state index in [1.165, 1.54) is 17.2 Å². The number of amides is 1. The number of carbonyl (C=O) groups is 1. The van der Waals surface area contributed by atoms with Gasteiger partial charge in [0.15, 0.2) is 0 Å². The highest BCUT2D eigenvalue weighted by atomic mass is 32.2. The number of thioether (sulfide) groups is 1. The van der Waals surface area contributed by atoms with Crippen LogP contribution in [0.4, 0.5) is 5.69 Å². The third kappa shape index (κ3) is 10.3. The Morgan fingerprint density at radius 2 is 1.68 bits per heavy atom. The molecule has 1 aromatic heterocycles. The minimum absolute atomic E-state index is 0.211. The maximum absolute atomic E-state index is 12.8. The number of pyridine rings is 1. The zero-order chi connectivity index (χ0) is 31.0. The number of hydrogen-bond donors (Lipinski definition) is 1. The number of anilines is 1. The van der Waals surface area contributed by atoms with Crippen LogP contribution < -0.4 is 14.8 Å². The van der Waals surface area contributed by atoms with Gasteiger partial charge in [0.2, 0.25) is 5.91 Å². The van der Waals surface area contributed by atoms with Gasteiger partial charge in [-0.15, -0.1) is 11.8 Å². The average molecular weight is 611 g/mol. The normalized spacial score (nSPS) is 11.1. The number of nitrogens with zero attached hydrogens (tertiary/aromatic N) is 1. The minimum atomic E-state index is -0.211. The SMILES string of the molecule is CCCCOCCOc1ccc(-c2ccc(OC)c(/C=C/C(=O)Nc3ccc(SCc4cnccc4CCC)cc3)c2)cc1. The summed E-state index contributed by atoms with van der Waals surface area (Å²) < 4.78 is 16.9. The van der Waals surface area contributed by atoms with Crippen molar-refractivity contribution in [1.82, 2.24) is 4.98 Å². The lowest BCUT2D eigenvalue weighted by Crippen LogP contribution is -2.07. The van der Waals surface area contributed by atoms with Crippen molar-refractivity contribution >= 4 is 29.4 Å². The zero-order valence-corrected chi connectivity index (χ0v) is 26.7. The van der Waals surface area contributed by atoms with Gasteiger partial charge in [0.25, 0.3) is 0 Å². The summed E-state index contributed by atoms with van der Waals surface area (Å²) in [6.45, 7) is 6.22. The van der Waals surface area contributed by atoms with Gasteiger partial charge in [-0.1, -0.05) is 44.9 Å². The molecule has 0 spiro atoms. The molecule has 1 heterocycles. The number of ether oxygens (including phenoxy) is 3. The molecule has 0 aliphatic heterocycles. The second kappa shape index (κ2) is 17.9. The number of aromatic nitrogens is 1. The van der Waals surface area contributed by atoms with Crippen LogP contribution in [0.25, 0.3) is 17.2 Å². The fourth-order valence-corrected chi connectivity index (χ4v) is 5.51. The second-order valence-corrected chi connectivity index (χ2v) is 11.4. The largest absolute Gasteiger partial charge is 0.496 e. The molecule has 0 fully saturated rings. The van der Waals surface area contributed by atoms with Crippen LogP contribution in [0, 0.1) is 0 Å². The molecule has 0 bridgehead atoms. The van der Waals surface area contributed by atoms with Gasteiger partial charge >= 0.3 is 0 Å². The second-order valence-electron chi connectivity index (χ2n) is 10.3. The van der Waals surface area contributed by atoms with E-state index in [9.17, 15) is 4.79 Å². The summed E-state index contributed by atoms with van der Waals surface area (Å²) in [5.41, 5.74) is 6.24. The fraction of sp³-hybridized carbons (Fsp3) is 0.297. The lowest BCUT2D eigenvalue weighted by Gasteiger charge is -2.10. The van der Waals surface area contributed by atoms with Crippen LogP contribution in [0.5, 0.6) is 11.5 Å². The minimum Gasteiger partial charge on any atom is -0.496 e. The molecule has 7 heteroatoms. The van der Waals surface area contributed by atoms with E-state index in [1.807, 2.05) is 79.1 Å². The van der Waals surface area contributed by atoms with Crippen LogP contribution in [0.15, 0.2) is 96.2 Å². The van der Waals surface area contributed by atoms with Crippen molar-refractivity contribution in [3.63, 3.8) is 0 Å². The van der Waals surface area contributed by atoms with Crippen LogP contribution in [0.3, 0.4) is 0 Å². The highest BCUT2D eigenvalue weighted by molar-refractivity contribution is 7.98. The predicted molar refractivity (Wildman–Crippen MR) is 182 cm³/mol. The van der Waals surface area contributed by atoms with Gasteiger partial charge in [0.1, 0.15) is 18.1 Å². The number of nitrogens with one attached hydrogen (secondary N) is 1. The van der Waals surface area contributed by atoms with Gasteiger partial charge in [-0.05, 0) is 95.8 Å². The Morgan fingerprint density at radius 1 is 0.886 bits per heavy atom. The lowest BCUT2D eigenvalue weighted by molar-refractivity contribution is -0.111. The summed E-state index contributed by atoms with van der Waals surface area (Å²) in [6, 6.07) is 23.9. The topological polar surface area (TPSA) is 69.7 Å². The van der Waals surface area contributed by atoms with E-state index < -0.39 is 0 Å². The molecule has 3 aromatic carbocycles. The summed E-state index contributed by atoms with van der Waals surface area (Å²) in [6.07, 6.45) is 11.5. The molecule has 0 saturated carbocycles. The van der Waals surface area contributed by atoms with Crippen LogP contribution in [-0.4, -0.2) is 37.8 Å². The standard InChI is InChI=1S/C37H42N2O4S/c1-4-6-22-42-23-24-43-34-14-8-29(9-15-34)30-10-18-36(41-3)31(25-30)11-19-37(40)39-33-12-16-35(17-13-33)44-27-32-26-38-21-20-28(32)7-5-2/h8-21,25-26H,4-7,22-24,27H2,1-3H3,(H,39,40)/b19-11+. The van der Waals surface area contributed by atoms with Crippen molar-refractivity contribution < 1.29 is 19.0 Å². The van der Waals surface area contributed by atoms with E-state index in [0.717, 1.165) is 71.1 Å². The molecule has 230 valence electrons. The molecule has 4 aromatic rings. The van der Waals surface area contributed by atoms with E-state index in [1.54, 1.807) is 24.9 Å². The fourth-order valence-electron chi connectivity index (χ4n) is 4.60. The average Bonchev–Trinajstić information content (AvgIpc) is 3.06. The van der Waals surface area contributed by atoms with Gasteiger partial charge in [-0.3, -0.25) is 9.78 Å². The first-order valence-corrected chi connectivity index (χ1v) is 16.2. The molecule has 4 rings (SSSR count). The Bertz CT molecular complexity index is 1490. The highest BCUT2D eigenvalue weighted by Crippen LogP contribution is 2.29. The molecule has 1 N–H and O–H groups in total. The summed E-state index contributed by atoms with van der Waals surface area (Å²) in [5, 5.41) is 2.95. The van der Waals surface area contributed by atoms with Crippen molar-refractivity contribution in [3.05, 3.63) is 108 Å². The molecular weight excluding hydrogens is 568 g/mol. The molecule has 0 atom stereocenters. The van der Waals surface area contributed by atoms with Crippen molar-refractivity contribution in [2.45, 2.75) is 50.2 Å². The number of unbranched alkanes of at least 4 members (excludes halogenated alkanes) is 1. The van der Waals surface area contributed by atoms with Crippen molar-refractivity contribution in [3.8, 4) is 22.6 Å². The van der Waals surface area contributed by atoms with Gasteiger partial charge in [-0.2, -0.15) is 0 Å². The summed E-state index contributed by atoms with van der Waals surface area (Å²) >= 11 is 1.77. The molecule has 0 unspecified atom stereocenters. The predicted octanol–water partition coefficient (Wildman–Crippen LogP) is 8.85.